The SMILES string of the molecule is CCOC(=O)COC1=NN(CC)C(c2ncccn2)=CC1. The number of rotatable bonds is 5. The minimum absolute atomic E-state index is 0.130. The molecular formula is C14H18N4O3. The Morgan fingerprint density at radius 1 is 1.33 bits per heavy atom. The Kier molecular flexibility index (Phi) is 5.25. The van der Waals surface area contributed by atoms with E-state index in [1.807, 2.05) is 13.0 Å². The van der Waals surface area contributed by atoms with E-state index < -0.39 is 5.97 Å². The molecule has 1 aliphatic rings. The Morgan fingerprint density at radius 2 is 2.10 bits per heavy atom. The van der Waals surface area contributed by atoms with Crippen molar-refractivity contribution < 1.29 is 14.3 Å². The van der Waals surface area contributed by atoms with Crippen LogP contribution in [-0.2, 0) is 14.3 Å². The quantitative estimate of drug-likeness (QED) is 0.764. The molecule has 0 saturated heterocycles. The van der Waals surface area contributed by atoms with Crippen molar-refractivity contribution >= 4 is 17.6 Å². The van der Waals surface area contributed by atoms with E-state index in [-0.39, 0.29) is 6.61 Å². The van der Waals surface area contributed by atoms with Gasteiger partial charge >= 0.3 is 5.97 Å². The Morgan fingerprint density at radius 3 is 2.76 bits per heavy atom. The third-order valence-electron chi connectivity index (χ3n) is 2.74. The molecule has 0 saturated carbocycles. The molecule has 0 atom stereocenters. The average Bonchev–Trinajstić information content (AvgIpc) is 2.54. The van der Waals surface area contributed by atoms with Crippen molar-refractivity contribution in [3.8, 4) is 0 Å². The lowest BCUT2D eigenvalue weighted by atomic mass is 10.2. The first-order valence-electron chi connectivity index (χ1n) is 6.85. The van der Waals surface area contributed by atoms with Crippen LogP contribution >= 0.6 is 0 Å². The Bertz CT molecular complexity index is 542. The lowest BCUT2D eigenvalue weighted by Crippen LogP contribution is -2.25. The minimum Gasteiger partial charge on any atom is -0.467 e. The molecule has 1 aliphatic heterocycles. The number of carbonyl (C=O) groups excluding carboxylic acids is 1. The van der Waals surface area contributed by atoms with Gasteiger partial charge < -0.3 is 9.47 Å². The molecule has 2 rings (SSSR count). The molecule has 0 aliphatic carbocycles. The molecule has 0 radical (unpaired) electrons. The van der Waals surface area contributed by atoms with E-state index in [4.69, 9.17) is 9.47 Å². The first kappa shape index (κ1) is 15.0. The van der Waals surface area contributed by atoms with E-state index in [0.717, 1.165) is 5.70 Å². The Balaban J connectivity index is 2.01. The summed E-state index contributed by atoms with van der Waals surface area (Å²) in [5, 5.41) is 6.11. The van der Waals surface area contributed by atoms with E-state index >= 15 is 0 Å². The van der Waals surface area contributed by atoms with Gasteiger partial charge in [0.25, 0.3) is 0 Å². The third kappa shape index (κ3) is 4.01. The van der Waals surface area contributed by atoms with Crippen molar-refractivity contribution in [1.29, 1.82) is 0 Å². The van der Waals surface area contributed by atoms with Crippen LogP contribution in [0.25, 0.3) is 5.70 Å². The lowest BCUT2D eigenvalue weighted by Gasteiger charge is -2.24. The van der Waals surface area contributed by atoms with Crippen molar-refractivity contribution in [2.75, 3.05) is 19.8 Å². The van der Waals surface area contributed by atoms with Gasteiger partial charge in [-0.2, -0.15) is 0 Å². The largest absolute Gasteiger partial charge is 0.467 e. The highest BCUT2D eigenvalue weighted by Crippen LogP contribution is 2.20. The van der Waals surface area contributed by atoms with Crippen LogP contribution in [0.1, 0.15) is 26.1 Å². The molecule has 21 heavy (non-hydrogen) atoms. The summed E-state index contributed by atoms with van der Waals surface area (Å²) in [6.07, 6.45) is 5.80. The normalized spacial score (nSPS) is 14.3. The highest BCUT2D eigenvalue weighted by molar-refractivity contribution is 5.84. The predicted molar refractivity (Wildman–Crippen MR) is 77.0 cm³/mol. The topological polar surface area (TPSA) is 76.9 Å². The highest BCUT2D eigenvalue weighted by Gasteiger charge is 2.19. The maximum atomic E-state index is 11.3. The van der Waals surface area contributed by atoms with Crippen LogP contribution in [0.4, 0.5) is 0 Å². The smallest absolute Gasteiger partial charge is 0.344 e. The first-order chi connectivity index (χ1) is 10.2. The number of esters is 1. The fourth-order valence-electron chi connectivity index (χ4n) is 1.83. The summed E-state index contributed by atoms with van der Waals surface area (Å²) in [5.41, 5.74) is 0.835. The van der Waals surface area contributed by atoms with E-state index in [2.05, 4.69) is 15.1 Å². The van der Waals surface area contributed by atoms with Crippen molar-refractivity contribution in [3.05, 3.63) is 30.4 Å². The molecule has 0 spiro atoms. The first-order valence-corrected chi connectivity index (χ1v) is 6.85. The average molecular weight is 290 g/mol. The molecule has 0 N–H and O–H groups in total. The van der Waals surface area contributed by atoms with E-state index in [9.17, 15) is 4.79 Å². The summed E-state index contributed by atoms with van der Waals surface area (Å²) in [7, 11) is 0. The van der Waals surface area contributed by atoms with Crippen LogP contribution in [0.2, 0.25) is 0 Å². The summed E-state index contributed by atoms with van der Waals surface area (Å²) in [5.74, 6) is 0.696. The Labute approximate surface area is 123 Å². The third-order valence-corrected chi connectivity index (χ3v) is 2.74. The van der Waals surface area contributed by atoms with Crippen LogP contribution in [0.5, 0.6) is 0 Å². The second kappa shape index (κ2) is 7.37. The molecule has 0 unspecified atom stereocenters. The van der Waals surface area contributed by atoms with Crippen molar-refractivity contribution in [1.82, 2.24) is 15.0 Å². The standard InChI is InChI=1S/C14H18N4O3/c1-3-18-11(14-15-8-5-9-16-14)6-7-12(17-18)21-10-13(19)20-4-2/h5-6,8-9H,3-4,7,10H2,1-2H3. The molecule has 0 fully saturated rings. The van der Waals surface area contributed by atoms with Gasteiger partial charge in [0, 0.05) is 25.4 Å². The number of hydrazone groups is 1. The van der Waals surface area contributed by atoms with E-state index in [0.29, 0.717) is 31.3 Å². The number of ether oxygens (including phenoxy) is 2. The fourth-order valence-corrected chi connectivity index (χ4v) is 1.83. The predicted octanol–water partition coefficient (Wildman–Crippen LogP) is 1.44. The van der Waals surface area contributed by atoms with Gasteiger partial charge in [0.1, 0.15) is 5.70 Å². The van der Waals surface area contributed by atoms with Crippen LogP contribution in [0.3, 0.4) is 0 Å². The van der Waals surface area contributed by atoms with Crippen LogP contribution in [0.15, 0.2) is 29.6 Å². The molecule has 2 heterocycles. The van der Waals surface area contributed by atoms with Crippen molar-refractivity contribution in [3.63, 3.8) is 0 Å². The molecule has 0 bridgehead atoms. The zero-order valence-corrected chi connectivity index (χ0v) is 12.2. The van der Waals surface area contributed by atoms with Gasteiger partial charge in [0.2, 0.25) is 5.90 Å². The molecule has 0 aromatic carbocycles. The van der Waals surface area contributed by atoms with Gasteiger partial charge in [0.05, 0.1) is 6.61 Å². The number of carbonyl (C=O) groups is 1. The van der Waals surface area contributed by atoms with Gasteiger partial charge in [0.15, 0.2) is 12.4 Å². The van der Waals surface area contributed by atoms with Gasteiger partial charge in [-0.15, -0.1) is 5.10 Å². The number of aromatic nitrogens is 2. The van der Waals surface area contributed by atoms with Gasteiger partial charge in [-0.1, -0.05) is 0 Å². The molecule has 7 heteroatoms. The number of hydrogen-bond acceptors (Lipinski definition) is 7. The van der Waals surface area contributed by atoms with Gasteiger partial charge in [-0.25, -0.2) is 14.8 Å². The minimum atomic E-state index is -0.399. The molecule has 112 valence electrons. The van der Waals surface area contributed by atoms with Crippen LogP contribution in [0, 0.1) is 0 Å². The van der Waals surface area contributed by atoms with Crippen molar-refractivity contribution in [2.45, 2.75) is 20.3 Å². The monoisotopic (exact) mass is 290 g/mol. The van der Waals surface area contributed by atoms with Crippen LogP contribution < -0.4 is 0 Å². The Hall–Kier alpha value is -2.44. The maximum absolute atomic E-state index is 11.3. The highest BCUT2D eigenvalue weighted by atomic mass is 16.6. The second-order valence-corrected chi connectivity index (χ2v) is 4.17. The second-order valence-electron chi connectivity index (χ2n) is 4.17. The molecular weight excluding hydrogens is 272 g/mol. The summed E-state index contributed by atoms with van der Waals surface area (Å²) in [4.78, 5) is 19.7. The van der Waals surface area contributed by atoms with Gasteiger partial charge in [-0.3, -0.25) is 5.01 Å². The molecule has 7 nitrogen and oxygen atoms in total. The molecule has 0 amide bonds. The fraction of sp³-hybridized carbons (Fsp3) is 0.429. The summed E-state index contributed by atoms with van der Waals surface area (Å²) in [6, 6.07) is 1.76. The maximum Gasteiger partial charge on any atom is 0.344 e. The van der Waals surface area contributed by atoms with Crippen molar-refractivity contribution in [2.24, 2.45) is 5.10 Å². The summed E-state index contributed by atoms with van der Waals surface area (Å²) >= 11 is 0. The zero-order valence-electron chi connectivity index (χ0n) is 12.2. The van der Waals surface area contributed by atoms with E-state index in [1.54, 1.807) is 30.4 Å². The number of hydrogen-bond donors (Lipinski definition) is 0. The zero-order chi connectivity index (χ0) is 15.1. The lowest BCUT2D eigenvalue weighted by molar-refractivity contribution is -0.145. The summed E-state index contributed by atoms with van der Waals surface area (Å²) in [6.45, 7) is 4.58. The van der Waals surface area contributed by atoms with Gasteiger partial charge in [-0.05, 0) is 26.0 Å². The van der Waals surface area contributed by atoms with Crippen LogP contribution in [-0.4, -0.2) is 46.6 Å². The molecule has 1 aromatic rings. The van der Waals surface area contributed by atoms with E-state index in [1.165, 1.54) is 0 Å². The molecule has 1 aromatic heterocycles. The number of nitrogens with zero attached hydrogens (tertiary/aromatic N) is 4. The summed E-state index contributed by atoms with van der Waals surface area (Å²) < 4.78 is 10.2.